The van der Waals surface area contributed by atoms with Crippen LogP contribution in [0.5, 0.6) is 0 Å². The Bertz CT molecular complexity index is 685. The smallest absolute Gasteiger partial charge is 0.127 e. The van der Waals surface area contributed by atoms with Crippen molar-refractivity contribution in [1.29, 1.82) is 5.26 Å². The molecular formula is C16H17N3. The van der Waals surface area contributed by atoms with Gasteiger partial charge in [-0.3, -0.25) is 0 Å². The lowest BCUT2D eigenvalue weighted by atomic mass is 10.0. The summed E-state index contributed by atoms with van der Waals surface area (Å²) in [4.78, 5) is 8.02. The highest BCUT2D eigenvalue weighted by molar-refractivity contribution is 5.67. The molecule has 1 N–H and O–H groups in total. The zero-order chi connectivity index (χ0) is 13.6. The topological polar surface area (TPSA) is 52.5 Å². The van der Waals surface area contributed by atoms with E-state index in [1.807, 2.05) is 6.92 Å². The van der Waals surface area contributed by atoms with E-state index in [-0.39, 0.29) is 5.41 Å². The van der Waals surface area contributed by atoms with Gasteiger partial charge in [-0.25, -0.2) is 4.98 Å². The Balaban J connectivity index is 2.12. The second-order valence-electron chi connectivity index (χ2n) is 5.57. The van der Waals surface area contributed by atoms with Crippen LogP contribution in [0.1, 0.15) is 35.5 Å². The maximum Gasteiger partial charge on any atom is 0.127 e. The zero-order valence-corrected chi connectivity index (χ0v) is 11.5. The van der Waals surface area contributed by atoms with Gasteiger partial charge in [0.1, 0.15) is 11.2 Å². The highest BCUT2D eigenvalue weighted by atomic mass is 15.0. The molecule has 0 saturated heterocycles. The first-order valence-electron chi connectivity index (χ1n) is 6.62. The molecule has 1 aliphatic carbocycles. The average Bonchev–Trinajstić information content (AvgIpc) is 3.10. The van der Waals surface area contributed by atoms with Crippen LogP contribution in [0.25, 0.3) is 11.3 Å². The number of nitriles is 1. The Kier molecular flexibility index (Phi) is 2.50. The summed E-state index contributed by atoms with van der Waals surface area (Å²) in [5.41, 5.74) is 5.29. The molecule has 0 bridgehead atoms. The summed E-state index contributed by atoms with van der Waals surface area (Å²) in [6.07, 6.45) is 1.84. The molecule has 19 heavy (non-hydrogen) atoms. The van der Waals surface area contributed by atoms with Crippen LogP contribution in [0.15, 0.2) is 18.2 Å². The second-order valence-corrected chi connectivity index (χ2v) is 5.57. The quantitative estimate of drug-likeness (QED) is 0.887. The molecule has 0 amide bonds. The molecule has 0 aliphatic heterocycles. The van der Waals surface area contributed by atoms with Crippen molar-refractivity contribution in [2.45, 2.75) is 39.0 Å². The predicted octanol–water partition coefficient (Wildman–Crippen LogP) is 3.56. The van der Waals surface area contributed by atoms with Crippen LogP contribution in [0.4, 0.5) is 0 Å². The van der Waals surface area contributed by atoms with Gasteiger partial charge in [0.25, 0.3) is 0 Å². The van der Waals surface area contributed by atoms with Crippen molar-refractivity contribution in [1.82, 2.24) is 9.97 Å². The fourth-order valence-electron chi connectivity index (χ4n) is 2.47. The summed E-state index contributed by atoms with van der Waals surface area (Å²) in [7, 11) is 0. The molecule has 3 heteroatoms. The number of nitrogens with zero attached hydrogens (tertiary/aromatic N) is 2. The van der Waals surface area contributed by atoms with E-state index in [4.69, 9.17) is 4.98 Å². The van der Waals surface area contributed by atoms with Crippen molar-refractivity contribution in [2.24, 2.45) is 0 Å². The molecule has 3 rings (SSSR count). The lowest BCUT2D eigenvalue weighted by Crippen LogP contribution is -2.04. The lowest BCUT2D eigenvalue weighted by molar-refractivity contribution is 0.818. The summed E-state index contributed by atoms with van der Waals surface area (Å²) in [5, 5.41) is 9.27. The van der Waals surface area contributed by atoms with Crippen LogP contribution in [0.3, 0.4) is 0 Å². The molecule has 1 saturated carbocycles. The van der Waals surface area contributed by atoms with Gasteiger partial charge in [0.15, 0.2) is 0 Å². The number of benzene rings is 1. The van der Waals surface area contributed by atoms with Crippen molar-refractivity contribution < 1.29 is 0 Å². The van der Waals surface area contributed by atoms with Crippen LogP contribution in [-0.4, -0.2) is 9.97 Å². The third kappa shape index (κ3) is 1.84. The van der Waals surface area contributed by atoms with Crippen molar-refractivity contribution in [2.75, 3.05) is 0 Å². The molecule has 0 spiro atoms. The maximum atomic E-state index is 9.27. The van der Waals surface area contributed by atoms with E-state index in [1.54, 1.807) is 0 Å². The molecule has 1 aliphatic rings. The minimum absolute atomic E-state index is 0.346. The molecule has 2 aromatic rings. The summed E-state index contributed by atoms with van der Waals surface area (Å²) >= 11 is 0. The summed E-state index contributed by atoms with van der Waals surface area (Å²) in [6, 6.07) is 8.79. The van der Waals surface area contributed by atoms with Crippen LogP contribution < -0.4 is 0 Å². The summed E-state index contributed by atoms with van der Waals surface area (Å²) in [6.45, 7) is 6.21. The van der Waals surface area contributed by atoms with E-state index in [0.29, 0.717) is 0 Å². The average molecular weight is 251 g/mol. The molecule has 3 nitrogen and oxygen atoms in total. The van der Waals surface area contributed by atoms with E-state index >= 15 is 0 Å². The molecule has 1 fully saturated rings. The van der Waals surface area contributed by atoms with Crippen molar-refractivity contribution in [3.8, 4) is 17.3 Å². The molecule has 0 unspecified atom stereocenters. The van der Waals surface area contributed by atoms with E-state index in [9.17, 15) is 5.26 Å². The first-order valence-corrected chi connectivity index (χ1v) is 6.62. The third-order valence-electron chi connectivity index (χ3n) is 3.95. The molecule has 1 aromatic carbocycles. The highest BCUT2D eigenvalue weighted by Gasteiger charge is 2.48. The summed E-state index contributed by atoms with van der Waals surface area (Å²) in [5.74, 6) is 0.836. The minimum Gasteiger partial charge on any atom is -0.344 e. The first-order chi connectivity index (χ1) is 9.05. The van der Waals surface area contributed by atoms with E-state index in [1.165, 1.54) is 11.1 Å². The SMILES string of the molecule is Cc1ccc(C)c(-c2nc(C3(C#N)CC3)[nH]c2C)c1. The fraction of sp³-hybridized carbons (Fsp3) is 0.375. The normalized spacial score (nSPS) is 16.1. The lowest BCUT2D eigenvalue weighted by Gasteiger charge is -2.05. The van der Waals surface area contributed by atoms with Gasteiger partial charge in [-0.2, -0.15) is 5.26 Å². The number of rotatable bonds is 2. The van der Waals surface area contributed by atoms with Gasteiger partial charge >= 0.3 is 0 Å². The summed E-state index contributed by atoms with van der Waals surface area (Å²) < 4.78 is 0. The number of nitrogens with one attached hydrogen (secondary N) is 1. The van der Waals surface area contributed by atoms with Gasteiger partial charge < -0.3 is 4.98 Å². The molecular weight excluding hydrogens is 234 g/mol. The minimum atomic E-state index is -0.346. The number of hydrogen-bond acceptors (Lipinski definition) is 2. The Morgan fingerprint density at radius 1 is 1.26 bits per heavy atom. The monoisotopic (exact) mass is 251 g/mol. The molecule has 1 heterocycles. The van der Waals surface area contributed by atoms with Crippen LogP contribution >= 0.6 is 0 Å². The number of H-pyrrole nitrogens is 1. The largest absolute Gasteiger partial charge is 0.344 e. The molecule has 96 valence electrons. The van der Waals surface area contributed by atoms with Gasteiger partial charge in [-0.1, -0.05) is 17.7 Å². The number of imidazole rings is 1. The Morgan fingerprint density at radius 3 is 2.63 bits per heavy atom. The number of aryl methyl sites for hydroxylation is 3. The number of aromatic amines is 1. The highest BCUT2D eigenvalue weighted by Crippen LogP contribution is 2.47. The van der Waals surface area contributed by atoms with Gasteiger partial charge in [0, 0.05) is 11.3 Å². The van der Waals surface area contributed by atoms with Gasteiger partial charge in [0.2, 0.25) is 0 Å². The maximum absolute atomic E-state index is 9.27. The van der Waals surface area contributed by atoms with Crippen molar-refractivity contribution >= 4 is 0 Å². The van der Waals surface area contributed by atoms with Crippen molar-refractivity contribution in [3.05, 3.63) is 40.8 Å². The number of hydrogen-bond donors (Lipinski definition) is 1. The Hall–Kier alpha value is -2.08. The Morgan fingerprint density at radius 2 is 2.00 bits per heavy atom. The first kappa shape index (κ1) is 12.0. The molecule has 1 aromatic heterocycles. The van der Waals surface area contributed by atoms with Gasteiger partial charge in [-0.15, -0.1) is 0 Å². The van der Waals surface area contributed by atoms with E-state index in [2.05, 4.69) is 43.1 Å². The zero-order valence-electron chi connectivity index (χ0n) is 11.5. The Labute approximate surface area is 113 Å². The van der Waals surface area contributed by atoms with Gasteiger partial charge in [0.05, 0.1) is 11.8 Å². The van der Waals surface area contributed by atoms with E-state index < -0.39 is 0 Å². The third-order valence-corrected chi connectivity index (χ3v) is 3.95. The van der Waals surface area contributed by atoms with Crippen LogP contribution in [0, 0.1) is 32.1 Å². The van der Waals surface area contributed by atoms with E-state index in [0.717, 1.165) is 35.6 Å². The number of aromatic nitrogens is 2. The molecule has 0 radical (unpaired) electrons. The fourth-order valence-corrected chi connectivity index (χ4v) is 2.47. The predicted molar refractivity (Wildman–Crippen MR) is 74.8 cm³/mol. The van der Waals surface area contributed by atoms with Crippen LogP contribution in [-0.2, 0) is 5.41 Å². The second kappa shape index (κ2) is 3.96. The van der Waals surface area contributed by atoms with Crippen LogP contribution in [0.2, 0.25) is 0 Å². The molecule has 0 atom stereocenters. The van der Waals surface area contributed by atoms with Gasteiger partial charge in [-0.05, 0) is 45.2 Å². The standard InChI is InChI=1S/C16H17N3/c1-10-4-5-11(2)13(8-10)14-12(3)18-15(19-14)16(9-17)6-7-16/h4-5,8H,6-7H2,1-3H3,(H,18,19). The van der Waals surface area contributed by atoms with Crippen molar-refractivity contribution in [3.63, 3.8) is 0 Å².